The first kappa shape index (κ1) is 11.7. The van der Waals surface area contributed by atoms with Gasteiger partial charge in [0.2, 0.25) is 0 Å². The zero-order valence-corrected chi connectivity index (χ0v) is 9.72. The zero-order chi connectivity index (χ0) is 10.6. The largest absolute Gasteiger partial charge is 0.388 e. The molecule has 0 heterocycles. The van der Waals surface area contributed by atoms with Gasteiger partial charge in [0.25, 0.3) is 0 Å². The molecule has 5 heteroatoms. The number of hydrogen-bond donors (Lipinski definition) is 2. The fraction of sp³-hybridized carbons (Fsp3) is 0.222. The maximum Gasteiger partial charge on any atom is 0.0913 e. The van der Waals surface area contributed by atoms with Crippen LogP contribution in [0.25, 0.3) is 0 Å². The minimum absolute atomic E-state index is 0.190. The molecule has 14 heavy (non-hydrogen) atoms. The van der Waals surface area contributed by atoms with E-state index in [0.29, 0.717) is 16.5 Å². The fourth-order valence-electron chi connectivity index (χ4n) is 0.859. The van der Waals surface area contributed by atoms with Gasteiger partial charge in [0, 0.05) is 22.1 Å². The highest BCUT2D eigenvalue weighted by Crippen LogP contribution is 2.29. The first-order valence-electron chi connectivity index (χ1n) is 4.00. The summed E-state index contributed by atoms with van der Waals surface area (Å²) < 4.78 is 0. The molecule has 0 saturated carbocycles. The molecule has 0 amide bonds. The van der Waals surface area contributed by atoms with Gasteiger partial charge >= 0.3 is 0 Å². The number of rotatable bonds is 4. The minimum atomic E-state index is 0.190. The number of nitrogens with one attached hydrogen (secondary N) is 1. The van der Waals surface area contributed by atoms with Crippen LogP contribution in [0.3, 0.4) is 0 Å². The predicted molar refractivity (Wildman–Crippen MR) is 63.7 cm³/mol. The summed E-state index contributed by atoms with van der Waals surface area (Å²) in [4.78, 5) is 0.931. The van der Waals surface area contributed by atoms with E-state index in [1.807, 2.05) is 6.07 Å². The van der Waals surface area contributed by atoms with E-state index in [1.54, 1.807) is 23.9 Å². The van der Waals surface area contributed by atoms with E-state index >= 15 is 0 Å². The number of halogens is 2. The van der Waals surface area contributed by atoms with E-state index in [1.165, 1.54) is 0 Å². The summed E-state index contributed by atoms with van der Waals surface area (Å²) in [6, 6.07) is 5.33. The van der Waals surface area contributed by atoms with Crippen molar-refractivity contribution in [1.29, 1.82) is 5.41 Å². The minimum Gasteiger partial charge on any atom is -0.388 e. The highest BCUT2D eigenvalue weighted by atomic mass is 35.5. The second-order valence-electron chi connectivity index (χ2n) is 2.70. The van der Waals surface area contributed by atoms with Crippen molar-refractivity contribution in [3.8, 4) is 0 Å². The SMILES string of the molecule is N=C(N)CCSc1cc(Cl)ccc1Cl. The molecule has 0 unspecified atom stereocenters. The molecule has 0 saturated heterocycles. The molecular formula is C9H10Cl2N2S. The smallest absolute Gasteiger partial charge is 0.0913 e. The molecule has 0 atom stereocenters. The van der Waals surface area contributed by atoms with Crippen LogP contribution in [-0.2, 0) is 0 Å². The van der Waals surface area contributed by atoms with Crippen molar-refractivity contribution in [3.63, 3.8) is 0 Å². The van der Waals surface area contributed by atoms with Crippen LogP contribution in [0.4, 0.5) is 0 Å². The molecule has 1 aromatic carbocycles. The van der Waals surface area contributed by atoms with Crippen LogP contribution >= 0.6 is 35.0 Å². The van der Waals surface area contributed by atoms with Crippen LogP contribution in [0.5, 0.6) is 0 Å². The molecule has 76 valence electrons. The average molecular weight is 249 g/mol. The number of nitrogens with two attached hydrogens (primary N) is 1. The molecule has 0 aliphatic rings. The van der Waals surface area contributed by atoms with Crippen LogP contribution < -0.4 is 5.73 Å². The van der Waals surface area contributed by atoms with Gasteiger partial charge in [-0.15, -0.1) is 11.8 Å². The lowest BCUT2D eigenvalue weighted by molar-refractivity contribution is 1.22. The third kappa shape index (κ3) is 3.78. The molecule has 0 aromatic heterocycles. The summed E-state index contributed by atoms with van der Waals surface area (Å²) in [5, 5.41) is 8.41. The summed E-state index contributed by atoms with van der Waals surface area (Å²) in [7, 11) is 0. The van der Waals surface area contributed by atoms with Crippen molar-refractivity contribution in [1.82, 2.24) is 0 Å². The Kier molecular flexibility index (Phi) is 4.58. The first-order valence-corrected chi connectivity index (χ1v) is 5.74. The Labute approximate surface area is 97.3 Å². The normalized spacial score (nSPS) is 10.1. The molecule has 0 spiro atoms. The van der Waals surface area contributed by atoms with Crippen LogP contribution in [-0.4, -0.2) is 11.6 Å². The fourth-order valence-corrected chi connectivity index (χ4v) is 2.33. The topological polar surface area (TPSA) is 49.9 Å². The molecule has 0 bridgehead atoms. The van der Waals surface area contributed by atoms with Gasteiger partial charge in [-0.3, -0.25) is 5.41 Å². The van der Waals surface area contributed by atoms with E-state index < -0.39 is 0 Å². The van der Waals surface area contributed by atoms with Gasteiger partial charge in [-0.05, 0) is 18.2 Å². The summed E-state index contributed by atoms with van der Waals surface area (Å²) >= 11 is 13.3. The van der Waals surface area contributed by atoms with Gasteiger partial charge < -0.3 is 5.73 Å². The lowest BCUT2D eigenvalue weighted by atomic mass is 10.4. The zero-order valence-electron chi connectivity index (χ0n) is 7.39. The molecule has 0 aliphatic heterocycles. The first-order chi connectivity index (χ1) is 6.59. The third-order valence-corrected chi connectivity index (χ3v) is 3.26. The maximum absolute atomic E-state index is 7.06. The van der Waals surface area contributed by atoms with Gasteiger partial charge in [-0.25, -0.2) is 0 Å². The Hall–Kier alpha value is -0.380. The van der Waals surface area contributed by atoms with Crippen molar-refractivity contribution in [2.24, 2.45) is 5.73 Å². The second-order valence-corrected chi connectivity index (χ2v) is 4.68. The Morgan fingerprint density at radius 2 is 2.14 bits per heavy atom. The van der Waals surface area contributed by atoms with Gasteiger partial charge in [0.05, 0.1) is 10.9 Å². The van der Waals surface area contributed by atoms with Gasteiger partial charge in [-0.1, -0.05) is 23.2 Å². The predicted octanol–water partition coefficient (Wildman–Crippen LogP) is 3.41. The van der Waals surface area contributed by atoms with Crippen molar-refractivity contribution in [2.75, 3.05) is 5.75 Å². The summed E-state index contributed by atoms with van der Waals surface area (Å²) in [5.41, 5.74) is 5.24. The lowest BCUT2D eigenvalue weighted by Crippen LogP contribution is -2.09. The Morgan fingerprint density at radius 3 is 2.79 bits per heavy atom. The van der Waals surface area contributed by atoms with Crippen molar-refractivity contribution >= 4 is 40.8 Å². The molecule has 1 aromatic rings. The van der Waals surface area contributed by atoms with Gasteiger partial charge in [-0.2, -0.15) is 0 Å². The molecule has 2 nitrogen and oxygen atoms in total. The number of benzene rings is 1. The van der Waals surface area contributed by atoms with Gasteiger partial charge in [0.15, 0.2) is 0 Å². The number of amidine groups is 1. The third-order valence-electron chi connectivity index (χ3n) is 1.52. The van der Waals surface area contributed by atoms with Crippen LogP contribution in [0.15, 0.2) is 23.1 Å². The number of thioether (sulfide) groups is 1. The molecule has 0 fully saturated rings. The average Bonchev–Trinajstić information content (AvgIpc) is 2.10. The van der Waals surface area contributed by atoms with Crippen molar-refractivity contribution < 1.29 is 0 Å². The van der Waals surface area contributed by atoms with Crippen LogP contribution in [0, 0.1) is 5.41 Å². The highest BCUT2D eigenvalue weighted by molar-refractivity contribution is 7.99. The van der Waals surface area contributed by atoms with Crippen molar-refractivity contribution in [2.45, 2.75) is 11.3 Å². The maximum atomic E-state index is 7.06. The number of hydrogen-bond acceptors (Lipinski definition) is 2. The molecule has 0 aliphatic carbocycles. The van der Waals surface area contributed by atoms with E-state index in [0.717, 1.165) is 10.6 Å². The van der Waals surface area contributed by atoms with E-state index in [-0.39, 0.29) is 5.84 Å². The summed E-state index contributed by atoms with van der Waals surface area (Å²) in [5.74, 6) is 0.936. The standard InChI is InChI=1S/C9H10Cl2N2S/c10-6-1-2-7(11)8(5-6)14-4-3-9(12)13/h1-2,5H,3-4H2,(H3,12,13). The molecule has 0 radical (unpaired) electrons. The summed E-state index contributed by atoms with van der Waals surface area (Å²) in [6.07, 6.45) is 0.563. The van der Waals surface area contributed by atoms with Gasteiger partial charge in [0.1, 0.15) is 0 Å². The van der Waals surface area contributed by atoms with E-state index in [2.05, 4.69) is 0 Å². The molecular weight excluding hydrogens is 239 g/mol. The quantitative estimate of drug-likeness (QED) is 0.488. The molecule has 3 N–H and O–H groups in total. The highest BCUT2D eigenvalue weighted by Gasteiger charge is 2.02. The summed E-state index contributed by atoms with van der Waals surface area (Å²) in [6.45, 7) is 0. The Morgan fingerprint density at radius 1 is 1.43 bits per heavy atom. The molecule has 1 rings (SSSR count). The second kappa shape index (κ2) is 5.49. The monoisotopic (exact) mass is 248 g/mol. The van der Waals surface area contributed by atoms with Crippen molar-refractivity contribution in [3.05, 3.63) is 28.2 Å². The Balaban J connectivity index is 2.57. The van der Waals surface area contributed by atoms with E-state index in [4.69, 9.17) is 34.3 Å². The van der Waals surface area contributed by atoms with Crippen LogP contribution in [0.2, 0.25) is 10.0 Å². The van der Waals surface area contributed by atoms with E-state index in [9.17, 15) is 0 Å². The van der Waals surface area contributed by atoms with Crippen LogP contribution in [0.1, 0.15) is 6.42 Å². The Bertz CT molecular complexity index is 342. The lowest BCUT2D eigenvalue weighted by Gasteiger charge is -2.03.